The Kier molecular flexibility index (Phi) is 8.15. The van der Waals surface area contributed by atoms with Gasteiger partial charge in [-0.3, -0.25) is 4.90 Å². The summed E-state index contributed by atoms with van der Waals surface area (Å²) in [5.41, 5.74) is -0.601. The summed E-state index contributed by atoms with van der Waals surface area (Å²) >= 11 is 0. The van der Waals surface area contributed by atoms with Crippen LogP contribution in [0.3, 0.4) is 0 Å². The van der Waals surface area contributed by atoms with Crippen LogP contribution in [0.2, 0.25) is 0 Å². The van der Waals surface area contributed by atoms with Crippen LogP contribution < -0.4 is 61.6 Å². The van der Waals surface area contributed by atoms with E-state index in [9.17, 15) is 12.9 Å². The van der Waals surface area contributed by atoms with Gasteiger partial charge in [0.2, 0.25) is 0 Å². The minimum atomic E-state index is -4.95. The Balaban J connectivity index is 0.00000200. The SMILES string of the molecule is F[B-](F)(F)c1cccc(OCCN2CCCCC2)c1.[K+]. The normalized spacial score (nSPS) is 16.6. The minimum absolute atomic E-state index is 0. The molecule has 20 heavy (non-hydrogen) atoms. The molecule has 1 aliphatic rings. The molecule has 1 aromatic rings. The van der Waals surface area contributed by atoms with E-state index in [2.05, 4.69) is 4.90 Å². The average Bonchev–Trinajstić information content (AvgIpc) is 2.39. The Labute approximate surface area is 160 Å². The molecule has 1 aliphatic heterocycles. The van der Waals surface area contributed by atoms with Crippen molar-refractivity contribution < 1.29 is 69.1 Å². The molecular formula is C13H18BF3KNO. The van der Waals surface area contributed by atoms with Crippen molar-refractivity contribution in [1.29, 1.82) is 0 Å². The molecule has 1 fully saturated rings. The van der Waals surface area contributed by atoms with Crippen LogP contribution in [0.25, 0.3) is 0 Å². The van der Waals surface area contributed by atoms with Crippen molar-refractivity contribution in [2.75, 3.05) is 26.2 Å². The van der Waals surface area contributed by atoms with E-state index in [1.165, 1.54) is 25.3 Å². The van der Waals surface area contributed by atoms with Gasteiger partial charge >= 0.3 is 58.4 Å². The fourth-order valence-corrected chi connectivity index (χ4v) is 2.28. The number of likely N-dealkylation sites (tertiary alicyclic amines) is 1. The third kappa shape index (κ3) is 6.07. The smallest absolute Gasteiger partial charge is 0.492 e. The summed E-state index contributed by atoms with van der Waals surface area (Å²) < 4.78 is 43.2. The molecule has 2 rings (SSSR count). The first-order chi connectivity index (χ1) is 9.05. The van der Waals surface area contributed by atoms with Crippen LogP contribution in [0.15, 0.2) is 24.3 Å². The molecule has 0 aromatic heterocycles. The van der Waals surface area contributed by atoms with Crippen LogP contribution in [-0.2, 0) is 0 Å². The summed E-state index contributed by atoms with van der Waals surface area (Å²) in [5.74, 6) is 0.300. The standard InChI is InChI=1S/C13H18BF3NO.K/c15-14(16,17)12-5-4-6-13(11-12)19-10-9-18-7-2-1-3-8-18;/h4-6,11H,1-3,7-10H2;/q-1;+1. The zero-order valence-corrected chi connectivity index (χ0v) is 14.9. The first kappa shape index (κ1) is 18.5. The molecule has 1 heterocycles. The quantitative estimate of drug-likeness (QED) is 0.687. The van der Waals surface area contributed by atoms with Gasteiger partial charge in [0, 0.05) is 6.54 Å². The van der Waals surface area contributed by atoms with E-state index < -0.39 is 12.4 Å². The Morgan fingerprint density at radius 3 is 2.45 bits per heavy atom. The van der Waals surface area contributed by atoms with E-state index in [-0.39, 0.29) is 51.4 Å². The molecule has 1 saturated heterocycles. The molecule has 0 radical (unpaired) electrons. The van der Waals surface area contributed by atoms with Crippen LogP contribution in [0.5, 0.6) is 5.75 Å². The van der Waals surface area contributed by atoms with Gasteiger partial charge in [0.1, 0.15) is 12.4 Å². The van der Waals surface area contributed by atoms with Crippen molar-refractivity contribution in [3.05, 3.63) is 24.3 Å². The van der Waals surface area contributed by atoms with Gasteiger partial charge < -0.3 is 17.7 Å². The Morgan fingerprint density at radius 2 is 1.80 bits per heavy atom. The Morgan fingerprint density at radius 1 is 1.10 bits per heavy atom. The number of nitrogens with zero attached hydrogens (tertiary/aromatic N) is 1. The predicted molar refractivity (Wildman–Crippen MR) is 70.9 cm³/mol. The molecule has 0 saturated carbocycles. The monoisotopic (exact) mass is 311 g/mol. The zero-order valence-electron chi connectivity index (χ0n) is 11.8. The van der Waals surface area contributed by atoms with Crippen molar-refractivity contribution in [3.63, 3.8) is 0 Å². The van der Waals surface area contributed by atoms with Crippen molar-refractivity contribution in [3.8, 4) is 5.75 Å². The van der Waals surface area contributed by atoms with E-state index in [1.807, 2.05) is 0 Å². The van der Waals surface area contributed by atoms with Crippen molar-refractivity contribution >= 4 is 12.4 Å². The summed E-state index contributed by atoms with van der Waals surface area (Å²) in [5, 5.41) is 0. The molecule has 0 N–H and O–H groups in total. The maximum absolute atomic E-state index is 12.6. The fourth-order valence-electron chi connectivity index (χ4n) is 2.28. The molecule has 2 nitrogen and oxygen atoms in total. The predicted octanol–water partition coefficient (Wildman–Crippen LogP) is -0.390. The number of hydrogen-bond donors (Lipinski definition) is 0. The molecule has 106 valence electrons. The van der Waals surface area contributed by atoms with Crippen LogP contribution in [-0.4, -0.2) is 38.1 Å². The van der Waals surface area contributed by atoms with Crippen molar-refractivity contribution in [1.82, 2.24) is 4.90 Å². The summed E-state index contributed by atoms with van der Waals surface area (Å²) in [7, 11) is 0. The van der Waals surface area contributed by atoms with Crippen molar-refractivity contribution in [2.24, 2.45) is 0 Å². The van der Waals surface area contributed by atoms with E-state index in [4.69, 9.17) is 4.74 Å². The first-order valence-corrected chi connectivity index (χ1v) is 6.71. The molecule has 0 amide bonds. The Bertz CT molecular complexity index is 411. The van der Waals surface area contributed by atoms with Gasteiger partial charge in [0.15, 0.2) is 0 Å². The third-order valence-electron chi connectivity index (χ3n) is 3.36. The summed E-state index contributed by atoms with van der Waals surface area (Å²) in [6.45, 7) is -1.60. The van der Waals surface area contributed by atoms with Gasteiger partial charge in [0.05, 0.1) is 0 Å². The third-order valence-corrected chi connectivity index (χ3v) is 3.36. The molecule has 0 spiro atoms. The number of piperidine rings is 1. The van der Waals surface area contributed by atoms with E-state index >= 15 is 0 Å². The molecule has 0 aliphatic carbocycles. The van der Waals surface area contributed by atoms with E-state index in [0.29, 0.717) is 12.4 Å². The second-order valence-electron chi connectivity index (χ2n) is 4.90. The number of ether oxygens (including phenoxy) is 1. The van der Waals surface area contributed by atoms with Crippen molar-refractivity contribution in [2.45, 2.75) is 19.3 Å². The van der Waals surface area contributed by atoms with Gasteiger partial charge in [-0.25, -0.2) is 0 Å². The van der Waals surface area contributed by atoms with Crippen LogP contribution in [0.1, 0.15) is 19.3 Å². The maximum Gasteiger partial charge on any atom is 1.00 e. The number of benzene rings is 1. The topological polar surface area (TPSA) is 12.5 Å². The van der Waals surface area contributed by atoms with Gasteiger partial charge in [-0.2, -0.15) is 0 Å². The second-order valence-corrected chi connectivity index (χ2v) is 4.90. The van der Waals surface area contributed by atoms with Crippen LogP contribution >= 0.6 is 0 Å². The fraction of sp³-hybridized carbons (Fsp3) is 0.538. The molecule has 1 aromatic carbocycles. The summed E-state index contributed by atoms with van der Waals surface area (Å²) in [6, 6.07) is 5.12. The number of rotatable bonds is 5. The Hall–Kier alpha value is 0.471. The zero-order chi connectivity index (χ0) is 13.7. The van der Waals surface area contributed by atoms with Gasteiger partial charge in [-0.05, 0) is 38.1 Å². The maximum atomic E-state index is 12.6. The molecule has 0 bridgehead atoms. The van der Waals surface area contributed by atoms with Crippen LogP contribution in [0, 0.1) is 0 Å². The second kappa shape index (κ2) is 8.80. The number of hydrogen-bond acceptors (Lipinski definition) is 2. The largest absolute Gasteiger partial charge is 1.00 e. The molecule has 7 heteroatoms. The van der Waals surface area contributed by atoms with E-state index in [1.54, 1.807) is 6.07 Å². The molecule has 0 atom stereocenters. The number of halogens is 3. The van der Waals surface area contributed by atoms with Gasteiger partial charge in [-0.15, -0.1) is 5.46 Å². The molecule has 0 unspecified atom stereocenters. The van der Waals surface area contributed by atoms with Crippen LogP contribution in [0.4, 0.5) is 12.9 Å². The molecular weight excluding hydrogens is 293 g/mol. The summed E-state index contributed by atoms with van der Waals surface area (Å²) in [6.07, 6.45) is 3.67. The van der Waals surface area contributed by atoms with E-state index in [0.717, 1.165) is 31.8 Å². The average molecular weight is 311 g/mol. The van der Waals surface area contributed by atoms with Gasteiger partial charge in [-0.1, -0.05) is 18.6 Å². The minimum Gasteiger partial charge on any atom is -0.492 e. The summed E-state index contributed by atoms with van der Waals surface area (Å²) in [4.78, 5) is 2.29. The first-order valence-electron chi connectivity index (χ1n) is 6.71. The van der Waals surface area contributed by atoms with Gasteiger partial charge in [0.25, 0.3) is 0 Å².